The largest absolute Gasteiger partial charge is 0.489 e. The predicted octanol–water partition coefficient (Wildman–Crippen LogP) is 4.62. The van der Waals surface area contributed by atoms with Crippen molar-refractivity contribution in [2.45, 2.75) is 12.6 Å². The zero-order valence-corrected chi connectivity index (χ0v) is 19.5. The van der Waals surface area contributed by atoms with Crippen LogP contribution in [0.25, 0.3) is 11.0 Å². The van der Waals surface area contributed by atoms with Gasteiger partial charge in [-0.05, 0) is 55.6 Å². The molecule has 178 valence electrons. The quantitative estimate of drug-likeness (QED) is 0.393. The lowest BCUT2D eigenvalue weighted by atomic mass is 9.98. The first-order chi connectivity index (χ1) is 16.9. The van der Waals surface area contributed by atoms with E-state index in [4.69, 9.17) is 9.15 Å². The number of halogens is 1. The highest BCUT2D eigenvalue weighted by Gasteiger charge is 2.42. The fourth-order valence-corrected chi connectivity index (χ4v) is 4.39. The van der Waals surface area contributed by atoms with Gasteiger partial charge in [-0.3, -0.25) is 9.59 Å². The fourth-order valence-electron chi connectivity index (χ4n) is 4.39. The second kappa shape index (κ2) is 9.35. The van der Waals surface area contributed by atoms with E-state index in [1.54, 1.807) is 4.90 Å². The first kappa shape index (κ1) is 22.8. The van der Waals surface area contributed by atoms with Crippen LogP contribution >= 0.6 is 0 Å². The van der Waals surface area contributed by atoms with E-state index in [0.29, 0.717) is 25.4 Å². The van der Waals surface area contributed by atoms with Gasteiger partial charge in [-0.25, -0.2) is 4.39 Å². The number of hydrogen-bond acceptors (Lipinski definition) is 5. The molecule has 0 spiro atoms. The smallest absolute Gasteiger partial charge is 0.290 e. The molecule has 0 N–H and O–H groups in total. The Hall–Kier alpha value is -3.97. The Balaban J connectivity index is 1.58. The van der Waals surface area contributed by atoms with Crippen LogP contribution < -0.4 is 10.2 Å². The SMILES string of the molecule is CN(C)CCN1C(=O)c2oc3ccc(F)cc3c(=O)c2C1c1cccc(OCc2ccccc2)c1. The number of amides is 1. The van der Waals surface area contributed by atoms with Crippen molar-refractivity contribution < 1.29 is 18.3 Å². The molecule has 0 saturated heterocycles. The molecular formula is C28H25FN2O4. The van der Waals surface area contributed by atoms with Crippen LogP contribution in [0.1, 0.15) is 33.3 Å². The van der Waals surface area contributed by atoms with Gasteiger partial charge in [0.05, 0.1) is 17.0 Å². The van der Waals surface area contributed by atoms with E-state index in [2.05, 4.69) is 0 Å². The monoisotopic (exact) mass is 472 g/mol. The Morgan fingerprint density at radius 1 is 1.00 bits per heavy atom. The molecule has 1 aromatic heterocycles. The Bertz CT molecular complexity index is 1450. The molecule has 2 heterocycles. The van der Waals surface area contributed by atoms with Crippen LogP contribution in [0.3, 0.4) is 0 Å². The lowest BCUT2D eigenvalue weighted by molar-refractivity contribution is 0.0716. The minimum atomic E-state index is -0.665. The summed E-state index contributed by atoms with van der Waals surface area (Å²) in [5.74, 6) is -0.262. The number of fused-ring (bicyclic) bond motifs is 2. The Kier molecular flexibility index (Phi) is 6.09. The van der Waals surface area contributed by atoms with Gasteiger partial charge in [0, 0.05) is 13.1 Å². The van der Waals surface area contributed by atoms with Crippen molar-refractivity contribution >= 4 is 16.9 Å². The number of benzene rings is 3. The number of carbonyl (C=O) groups is 1. The Labute approximate surface area is 202 Å². The highest BCUT2D eigenvalue weighted by Crippen LogP contribution is 2.39. The van der Waals surface area contributed by atoms with Crippen molar-refractivity contribution in [2.24, 2.45) is 0 Å². The number of ether oxygens (including phenoxy) is 1. The first-order valence-corrected chi connectivity index (χ1v) is 11.4. The van der Waals surface area contributed by atoms with Gasteiger partial charge in [-0.1, -0.05) is 42.5 Å². The summed E-state index contributed by atoms with van der Waals surface area (Å²) in [6.07, 6.45) is 0. The molecule has 7 heteroatoms. The lowest BCUT2D eigenvalue weighted by Gasteiger charge is -2.26. The summed E-state index contributed by atoms with van der Waals surface area (Å²) < 4.78 is 25.8. The summed E-state index contributed by atoms with van der Waals surface area (Å²) in [5, 5.41) is 0.118. The highest BCUT2D eigenvalue weighted by molar-refractivity contribution is 5.99. The standard InChI is InChI=1S/C28H25FN2O4/c1-30(2)13-14-31-25(19-9-6-10-21(15-19)34-17-18-7-4-3-5-8-18)24-26(32)22-16-20(29)11-12-23(22)35-27(24)28(31)33/h3-12,15-16,25H,13-14,17H2,1-2H3. The molecule has 4 aromatic rings. The average Bonchev–Trinajstić information content (AvgIpc) is 3.14. The van der Waals surface area contributed by atoms with E-state index < -0.39 is 17.3 Å². The molecule has 5 rings (SSSR count). The first-order valence-electron chi connectivity index (χ1n) is 11.4. The van der Waals surface area contributed by atoms with Gasteiger partial charge in [-0.2, -0.15) is 0 Å². The summed E-state index contributed by atoms with van der Waals surface area (Å²) in [4.78, 5) is 30.6. The maximum atomic E-state index is 13.9. The summed E-state index contributed by atoms with van der Waals surface area (Å²) in [6, 6.07) is 20.3. The predicted molar refractivity (Wildman–Crippen MR) is 131 cm³/mol. The van der Waals surface area contributed by atoms with Gasteiger partial charge >= 0.3 is 0 Å². The molecule has 0 aliphatic carbocycles. The van der Waals surface area contributed by atoms with E-state index >= 15 is 0 Å². The third kappa shape index (κ3) is 4.42. The molecule has 0 radical (unpaired) electrons. The minimum absolute atomic E-state index is 0.00784. The molecule has 1 aliphatic heterocycles. The number of carbonyl (C=O) groups excluding carboxylic acids is 1. The van der Waals surface area contributed by atoms with Crippen molar-refractivity contribution in [3.8, 4) is 5.75 Å². The summed E-state index contributed by atoms with van der Waals surface area (Å²) in [7, 11) is 3.84. The van der Waals surface area contributed by atoms with E-state index in [1.165, 1.54) is 12.1 Å². The highest BCUT2D eigenvalue weighted by atomic mass is 19.1. The molecule has 1 unspecified atom stereocenters. The maximum Gasteiger partial charge on any atom is 0.290 e. The third-order valence-electron chi connectivity index (χ3n) is 6.14. The van der Waals surface area contributed by atoms with Crippen molar-refractivity contribution in [1.29, 1.82) is 0 Å². The second-order valence-corrected chi connectivity index (χ2v) is 8.87. The number of hydrogen-bond donors (Lipinski definition) is 0. The van der Waals surface area contributed by atoms with E-state index in [1.807, 2.05) is 73.6 Å². The van der Waals surface area contributed by atoms with Gasteiger partial charge in [0.15, 0.2) is 5.43 Å². The lowest BCUT2D eigenvalue weighted by Crippen LogP contribution is -2.35. The van der Waals surface area contributed by atoms with Crippen LogP contribution in [0.2, 0.25) is 0 Å². The van der Waals surface area contributed by atoms with Crippen LogP contribution in [-0.4, -0.2) is 42.9 Å². The summed E-state index contributed by atoms with van der Waals surface area (Å²) in [6.45, 7) is 1.38. The van der Waals surface area contributed by atoms with Gasteiger partial charge in [-0.15, -0.1) is 0 Å². The summed E-state index contributed by atoms with van der Waals surface area (Å²) in [5.41, 5.74) is 1.77. The molecule has 1 atom stereocenters. The minimum Gasteiger partial charge on any atom is -0.489 e. The molecule has 35 heavy (non-hydrogen) atoms. The third-order valence-corrected chi connectivity index (χ3v) is 6.14. The van der Waals surface area contributed by atoms with E-state index in [0.717, 1.165) is 17.2 Å². The van der Waals surface area contributed by atoms with Gasteiger partial charge in [0.2, 0.25) is 5.76 Å². The van der Waals surface area contributed by atoms with Crippen LogP contribution in [0.4, 0.5) is 4.39 Å². The zero-order chi connectivity index (χ0) is 24.5. The van der Waals surface area contributed by atoms with Crippen molar-refractivity contribution in [3.05, 3.63) is 111 Å². The summed E-state index contributed by atoms with van der Waals surface area (Å²) >= 11 is 0. The van der Waals surface area contributed by atoms with Crippen LogP contribution in [0.5, 0.6) is 5.75 Å². The maximum absolute atomic E-state index is 13.9. The van der Waals surface area contributed by atoms with Crippen LogP contribution in [0, 0.1) is 5.82 Å². The number of likely N-dealkylation sites (N-methyl/N-ethyl adjacent to an activating group) is 1. The van der Waals surface area contributed by atoms with Crippen molar-refractivity contribution in [2.75, 3.05) is 27.2 Å². The molecule has 0 fully saturated rings. The van der Waals surface area contributed by atoms with Crippen molar-refractivity contribution in [1.82, 2.24) is 9.80 Å². The normalized spacial score (nSPS) is 15.1. The van der Waals surface area contributed by atoms with Gasteiger partial charge in [0.25, 0.3) is 5.91 Å². The van der Waals surface area contributed by atoms with Crippen LogP contribution in [0.15, 0.2) is 82.0 Å². The van der Waals surface area contributed by atoms with Gasteiger partial charge in [0.1, 0.15) is 23.8 Å². The Morgan fingerprint density at radius 3 is 2.57 bits per heavy atom. The van der Waals surface area contributed by atoms with E-state index in [-0.39, 0.29) is 28.2 Å². The fraction of sp³-hybridized carbons (Fsp3) is 0.214. The number of nitrogens with zero attached hydrogens (tertiary/aromatic N) is 2. The molecule has 1 amide bonds. The molecular weight excluding hydrogens is 447 g/mol. The van der Waals surface area contributed by atoms with Crippen LogP contribution in [-0.2, 0) is 6.61 Å². The zero-order valence-electron chi connectivity index (χ0n) is 19.5. The average molecular weight is 473 g/mol. The molecule has 3 aromatic carbocycles. The van der Waals surface area contributed by atoms with E-state index in [9.17, 15) is 14.0 Å². The topological polar surface area (TPSA) is 63.0 Å². The Morgan fingerprint density at radius 2 is 1.80 bits per heavy atom. The molecule has 1 aliphatic rings. The van der Waals surface area contributed by atoms with Crippen molar-refractivity contribution in [3.63, 3.8) is 0 Å². The molecule has 0 saturated carbocycles. The van der Waals surface area contributed by atoms with Gasteiger partial charge < -0.3 is 19.0 Å². The number of rotatable bonds is 7. The molecule has 6 nitrogen and oxygen atoms in total. The second-order valence-electron chi connectivity index (χ2n) is 8.87. The molecule has 0 bridgehead atoms.